The molecule has 0 spiro atoms. The number of carbonyl (C=O) groups excluding carboxylic acids is 1. The quantitative estimate of drug-likeness (QED) is 0.813. The minimum Gasteiger partial charge on any atom is -0.335 e. The molecule has 2 nitrogen and oxygen atoms in total. The van der Waals surface area contributed by atoms with Crippen molar-refractivity contribution in [3.63, 3.8) is 0 Å². The average Bonchev–Trinajstić information content (AvgIpc) is 3.00. The van der Waals surface area contributed by atoms with Gasteiger partial charge in [0.2, 0.25) is 5.91 Å². The number of benzene rings is 2. The molecule has 0 bridgehead atoms. The van der Waals surface area contributed by atoms with Gasteiger partial charge in [-0.25, -0.2) is 0 Å². The smallest absolute Gasteiger partial charge is 0.227 e. The van der Waals surface area contributed by atoms with Crippen molar-refractivity contribution < 1.29 is 4.79 Å². The Labute approximate surface area is 136 Å². The van der Waals surface area contributed by atoms with Crippen LogP contribution in [0.5, 0.6) is 0 Å². The van der Waals surface area contributed by atoms with E-state index in [1.54, 1.807) is 0 Å². The molecular formula is C19H20ClNO. The van der Waals surface area contributed by atoms with Crippen molar-refractivity contribution in [2.75, 3.05) is 6.54 Å². The molecule has 3 rings (SSSR count). The molecule has 1 saturated heterocycles. The fourth-order valence-electron chi connectivity index (χ4n) is 3.08. The Morgan fingerprint density at radius 2 is 1.82 bits per heavy atom. The zero-order chi connectivity index (χ0) is 15.5. The van der Waals surface area contributed by atoms with Crippen LogP contribution in [0.2, 0.25) is 5.02 Å². The van der Waals surface area contributed by atoms with Gasteiger partial charge in [0.25, 0.3) is 0 Å². The lowest BCUT2D eigenvalue weighted by atomic mass is 10.0. The van der Waals surface area contributed by atoms with Crippen LogP contribution in [-0.2, 0) is 11.2 Å². The first-order chi connectivity index (χ1) is 10.6. The molecule has 0 aliphatic carbocycles. The van der Waals surface area contributed by atoms with Crippen molar-refractivity contribution in [2.45, 2.75) is 32.2 Å². The second kappa shape index (κ2) is 6.53. The van der Waals surface area contributed by atoms with Gasteiger partial charge < -0.3 is 4.90 Å². The first-order valence-corrected chi connectivity index (χ1v) is 8.12. The number of halogens is 1. The zero-order valence-electron chi connectivity index (χ0n) is 12.8. The molecule has 1 heterocycles. The van der Waals surface area contributed by atoms with Gasteiger partial charge in [0.15, 0.2) is 0 Å². The fraction of sp³-hybridized carbons (Fsp3) is 0.316. The van der Waals surface area contributed by atoms with Crippen molar-refractivity contribution in [3.05, 3.63) is 70.2 Å². The van der Waals surface area contributed by atoms with Crippen molar-refractivity contribution in [1.29, 1.82) is 0 Å². The summed E-state index contributed by atoms with van der Waals surface area (Å²) in [6, 6.07) is 16.3. The van der Waals surface area contributed by atoms with Crippen molar-refractivity contribution in [1.82, 2.24) is 4.90 Å². The summed E-state index contributed by atoms with van der Waals surface area (Å²) in [5.74, 6) is 0.199. The number of hydrogen-bond donors (Lipinski definition) is 0. The van der Waals surface area contributed by atoms with E-state index in [0.717, 1.165) is 24.9 Å². The van der Waals surface area contributed by atoms with E-state index in [4.69, 9.17) is 11.6 Å². The Bertz CT molecular complexity index is 648. The van der Waals surface area contributed by atoms with Crippen LogP contribution < -0.4 is 0 Å². The summed E-state index contributed by atoms with van der Waals surface area (Å²) >= 11 is 5.90. The molecule has 1 aliphatic heterocycles. The Hall–Kier alpha value is -1.80. The van der Waals surface area contributed by atoms with Crippen LogP contribution in [0.15, 0.2) is 48.5 Å². The Morgan fingerprint density at radius 1 is 1.14 bits per heavy atom. The van der Waals surface area contributed by atoms with E-state index >= 15 is 0 Å². The molecule has 114 valence electrons. The predicted molar refractivity (Wildman–Crippen MR) is 90.0 cm³/mol. The molecule has 22 heavy (non-hydrogen) atoms. The third-order valence-electron chi connectivity index (χ3n) is 4.30. The second-order valence-corrected chi connectivity index (χ2v) is 6.40. The van der Waals surface area contributed by atoms with E-state index < -0.39 is 0 Å². The zero-order valence-corrected chi connectivity index (χ0v) is 13.5. The van der Waals surface area contributed by atoms with Gasteiger partial charge in [-0.05, 0) is 43.0 Å². The van der Waals surface area contributed by atoms with Gasteiger partial charge in [-0.3, -0.25) is 4.79 Å². The Kier molecular flexibility index (Phi) is 4.49. The number of likely N-dealkylation sites (tertiary alicyclic amines) is 1. The summed E-state index contributed by atoms with van der Waals surface area (Å²) < 4.78 is 0. The first-order valence-electron chi connectivity index (χ1n) is 7.74. The molecule has 1 atom stereocenters. The molecule has 1 fully saturated rings. The summed E-state index contributed by atoms with van der Waals surface area (Å²) in [6.07, 6.45) is 2.57. The third-order valence-corrected chi connectivity index (χ3v) is 4.56. The summed E-state index contributed by atoms with van der Waals surface area (Å²) in [6.45, 7) is 2.94. The molecule has 0 aromatic heterocycles. The molecule has 0 unspecified atom stereocenters. The Morgan fingerprint density at radius 3 is 2.50 bits per heavy atom. The van der Waals surface area contributed by atoms with Gasteiger partial charge >= 0.3 is 0 Å². The highest BCUT2D eigenvalue weighted by molar-refractivity contribution is 6.30. The van der Waals surface area contributed by atoms with Crippen LogP contribution in [0.4, 0.5) is 0 Å². The number of hydrogen-bond acceptors (Lipinski definition) is 1. The van der Waals surface area contributed by atoms with Gasteiger partial charge in [0.1, 0.15) is 0 Å². The maximum absolute atomic E-state index is 12.6. The number of nitrogens with zero attached hydrogens (tertiary/aromatic N) is 1. The average molecular weight is 314 g/mol. The van der Waals surface area contributed by atoms with Gasteiger partial charge in [0, 0.05) is 11.6 Å². The van der Waals surface area contributed by atoms with Crippen LogP contribution >= 0.6 is 11.6 Å². The highest BCUT2D eigenvalue weighted by Gasteiger charge is 2.29. The number of carbonyl (C=O) groups is 1. The largest absolute Gasteiger partial charge is 0.335 e. The fourth-order valence-corrected chi connectivity index (χ4v) is 3.20. The minimum atomic E-state index is 0.199. The summed E-state index contributed by atoms with van der Waals surface area (Å²) in [7, 11) is 0. The van der Waals surface area contributed by atoms with Gasteiger partial charge in [-0.1, -0.05) is 53.6 Å². The van der Waals surface area contributed by atoms with Crippen LogP contribution in [0.3, 0.4) is 0 Å². The van der Waals surface area contributed by atoms with E-state index in [1.165, 1.54) is 11.1 Å². The van der Waals surface area contributed by atoms with E-state index in [-0.39, 0.29) is 11.9 Å². The molecule has 0 radical (unpaired) electrons. The van der Waals surface area contributed by atoms with Crippen LogP contribution in [-0.4, -0.2) is 17.4 Å². The molecule has 0 saturated carbocycles. The monoisotopic (exact) mass is 313 g/mol. The third kappa shape index (κ3) is 3.33. The lowest BCUT2D eigenvalue weighted by Gasteiger charge is -2.25. The minimum absolute atomic E-state index is 0.199. The number of rotatable bonds is 3. The van der Waals surface area contributed by atoms with E-state index in [9.17, 15) is 4.79 Å². The van der Waals surface area contributed by atoms with Crippen LogP contribution in [0, 0.1) is 6.92 Å². The second-order valence-electron chi connectivity index (χ2n) is 5.96. The highest BCUT2D eigenvalue weighted by atomic mass is 35.5. The standard InChI is InChI=1S/C19H20ClNO/c1-14-4-8-16(9-5-14)18-3-2-12-21(18)19(22)13-15-6-10-17(20)11-7-15/h4-11,18H,2-3,12-13H2,1H3/t18-/m1/s1. The Balaban J connectivity index is 1.73. The van der Waals surface area contributed by atoms with Gasteiger partial charge in [-0.15, -0.1) is 0 Å². The van der Waals surface area contributed by atoms with Crippen molar-refractivity contribution in [2.24, 2.45) is 0 Å². The number of aryl methyl sites for hydroxylation is 1. The maximum atomic E-state index is 12.6. The molecule has 2 aromatic carbocycles. The number of amides is 1. The van der Waals surface area contributed by atoms with E-state index in [0.29, 0.717) is 11.4 Å². The topological polar surface area (TPSA) is 20.3 Å². The van der Waals surface area contributed by atoms with Crippen molar-refractivity contribution in [3.8, 4) is 0 Å². The lowest BCUT2D eigenvalue weighted by Crippen LogP contribution is -2.31. The molecule has 1 amide bonds. The molecule has 2 aromatic rings. The van der Waals surface area contributed by atoms with Crippen LogP contribution in [0.1, 0.15) is 35.6 Å². The maximum Gasteiger partial charge on any atom is 0.227 e. The molecule has 1 aliphatic rings. The highest BCUT2D eigenvalue weighted by Crippen LogP contribution is 2.32. The summed E-state index contributed by atoms with van der Waals surface area (Å²) in [5, 5.41) is 0.704. The first kappa shape index (κ1) is 15.1. The van der Waals surface area contributed by atoms with Crippen LogP contribution in [0.25, 0.3) is 0 Å². The van der Waals surface area contributed by atoms with Crippen molar-refractivity contribution >= 4 is 17.5 Å². The molecule has 0 N–H and O–H groups in total. The normalized spacial score (nSPS) is 17.7. The summed E-state index contributed by atoms with van der Waals surface area (Å²) in [5.41, 5.74) is 3.51. The SMILES string of the molecule is Cc1ccc([C@H]2CCCN2C(=O)Cc2ccc(Cl)cc2)cc1. The van der Waals surface area contributed by atoms with Gasteiger partial charge in [0.05, 0.1) is 12.5 Å². The van der Waals surface area contributed by atoms with E-state index in [1.807, 2.05) is 29.2 Å². The predicted octanol–water partition coefficient (Wildman–Crippen LogP) is 4.55. The summed E-state index contributed by atoms with van der Waals surface area (Å²) in [4.78, 5) is 14.7. The lowest BCUT2D eigenvalue weighted by molar-refractivity contribution is -0.131. The molecular weight excluding hydrogens is 294 g/mol. The molecule has 3 heteroatoms. The van der Waals surface area contributed by atoms with Gasteiger partial charge in [-0.2, -0.15) is 0 Å². The van der Waals surface area contributed by atoms with E-state index in [2.05, 4.69) is 31.2 Å².